The van der Waals surface area contributed by atoms with Crippen molar-refractivity contribution in [2.45, 2.75) is 37.4 Å². The Labute approximate surface area is 158 Å². The summed E-state index contributed by atoms with van der Waals surface area (Å²) in [6, 6.07) is -4.37. The second-order valence-electron chi connectivity index (χ2n) is 5.63. The van der Waals surface area contributed by atoms with Gasteiger partial charge in [0.2, 0.25) is 23.6 Å². The van der Waals surface area contributed by atoms with Crippen LogP contribution < -0.4 is 27.4 Å². The van der Waals surface area contributed by atoms with Crippen LogP contribution in [-0.2, 0) is 28.8 Å². The van der Waals surface area contributed by atoms with Crippen LogP contribution in [0.15, 0.2) is 0 Å². The molecular weight excluding hydrogens is 382 g/mol. The fraction of sp³-hybridized carbons (Fsp3) is 0.571. The second-order valence-corrected chi connectivity index (χ2v) is 5.63. The minimum Gasteiger partial charge on any atom is -0.481 e. The quantitative estimate of drug-likeness (QED) is 0.145. The van der Waals surface area contributed by atoms with Crippen LogP contribution in [0, 0.1) is 0 Å². The van der Waals surface area contributed by atoms with Crippen molar-refractivity contribution in [1.82, 2.24) is 16.0 Å². The number of aliphatic carboxylic acids is 2. The summed E-state index contributed by atoms with van der Waals surface area (Å²) in [5, 5.41) is 32.6. The molecule has 3 atom stereocenters. The van der Waals surface area contributed by atoms with Crippen LogP contribution in [0.2, 0.25) is 0 Å². The largest absolute Gasteiger partial charge is 0.481 e. The molecule has 0 aliphatic rings. The highest BCUT2D eigenvalue weighted by Gasteiger charge is 2.27. The summed E-state index contributed by atoms with van der Waals surface area (Å²) in [7, 11) is 0. The number of hydrogen-bond donors (Lipinski definition) is 8. The van der Waals surface area contributed by atoms with Crippen LogP contribution in [0.1, 0.15) is 19.3 Å². The number of hydrogen-bond acceptors (Lipinski definition) is 8. The van der Waals surface area contributed by atoms with Gasteiger partial charge in [0.1, 0.15) is 12.1 Å². The van der Waals surface area contributed by atoms with E-state index in [2.05, 4.69) is 10.6 Å². The average Bonchev–Trinajstić information content (AvgIpc) is 2.59. The molecule has 14 nitrogen and oxygen atoms in total. The maximum absolute atomic E-state index is 12.1. The van der Waals surface area contributed by atoms with E-state index in [0.29, 0.717) is 0 Å². The van der Waals surface area contributed by atoms with E-state index >= 15 is 0 Å². The van der Waals surface area contributed by atoms with Crippen molar-refractivity contribution in [3.8, 4) is 0 Å². The fourth-order valence-corrected chi connectivity index (χ4v) is 1.85. The number of nitrogens with two attached hydrogens (primary N) is 2. The fourth-order valence-electron chi connectivity index (χ4n) is 1.85. The molecule has 0 aromatic heterocycles. The zero-order chi connectivity index (χ0) is 21.9. The molecule has 0 aromatic carbocycles. The summed E-state index contributed by atoms with van der Waals surface area (Å²) in [4.78, 5) is 67.8. The number of aliphatic hydroxyl groups is 1. The number of amides is 4. The van der Waals surface area contributed by atoms with E-state index in [9.17, 15) is 28.8 Å². The molecule has 3 unspecified atom stereocenters. The molecule has 0 spiro atoms. The zero-order valence-electron chi connectivity index (χ0n) is 14.7. The van der Waals surface area contributed by atoms with Crippen molar-refractivity contribution in [1.29, 1.82) is 0 Å². The van der Waals surface area contributed by atoms with Crippen molar-refractivity contribution >= 4 is 35.6 Å². The van der Waals surface area contributed by atoms with Crippen LogP contribution in [0.4, 0.5) is 0 Å². The van der Waals surface area contributed by atoms with Gasteiger partial charge in [0.15, 0.2) is 0 Å². The molecule has 0 rings (SSSR count). The highest BCUT2D eigenvalue weighted by atomic mass is 16.4. The summed E-state index contributed by atoms with van der Waals surface area (Å²) in [6.07, 6.45) is -1.35. The molecule has 0 bridgehead atoms. The van der Waals surface area contributed by atoms with E-state index in [-0.39, 0.29) is 6.42 Å². The van der Waals surface area contributed by atoms with Crippen LogP contribution in [0.3, 0.4) is 0 Å². The van der Waals surface area contributed by atoms with Gasteiger partial charge in [-0.05, 0) is 6.42 Å². The Balaban J connectivity index is 4.84. The first-order valence-corrected chi connectivity index (χ1v) is 7.94. The summed E-state index contributed by atoms with van der Waals surface area (Å²) in [5.74, 6) is -6.42. The third kappa shape index (κ3) is 10.0. The van der Waals surface area contributed by atoms with Crippen LogP contribution in [0.5, 0.6) is 0 Å². The minimum atomic E-state index is -1.65. The molecule has 0 saturated heterocycles. The number of carbonyl (C=O) groups excluding carboxylic acids is 4. The maximum atomic E-state index is 12.1. The first-order valence-electron chi connectivity index (χ1n) is 7.94. The minimum absolute atomic E-state index is 0.375. The summed E-state index contributed by atoms with van der Waals surface area (Å²) in [6.45, 7) is -1.57. The lowest BCUT2D eigenvalue weighted by Gasteiger charge is -2.20. The number of rotatable bonds is 13. The lowest BCUT2D eigenvalue weighted by molar-refractivity contribution is -0.144. The van der Waals surface area contributed by atoms with Gasteiger partial charge in [-0.15, -0.1) is 0 Å². The molecule has 28 heavy (non-hydrogen) atoms. The van der Waals surface area contributed by atoms with Gasteiger partial charge in [0.25, 0.3) is 0 Å². The predicted molar refractivity (Wildman–Crippen MR) is 90.2 cm³/mol. The zero-order valence-corrected chi connectivity index (χ0v) is 14.7. The first-order chi connectivity index (χ1) is 13.0. The van der Waals surface area contributed by atoms with E-state index in [1.54, 1.807) is 0 Å². The Morgan fingerprint density at radius 2 is 1.54 bits per heavy atom. The molecule has 0 heterocycles. The summed E-state index contributed by atoms with van der Waals surface area (Å²) >= 11 is 0. The van der Waals surface area contributed by atoms with E-state index < -0.39 is 79.7 Å². The molecular formula is C14H23N5O9. The van der Waals surface area contributed by atoms with Gasteiger partial charge in [0.05, 0.1) is 25.6 Å². The van der Waals surface area contributed by atoms with Gasteiger partial charge in [-0.2, -0.15) is 0 Å². The van der Waals surface area contributed by atoms with Crippen LogP contribution in [0.25, 0.3) is 0 Å². The molecule has 0 fully saturated rings. The number of carboxylic acid groups (broad SMARTS) is 2. The molecule has 0 radical (unpaired) electrons. The standard InChI is InChI=1S/C14H23N5O9/c15-6(3-9(16)21)12(25)17-4-10(22)18-7(1-2-11(23)24)13(26)19-8(5-20)14(27)28/h6-8,20H,1-5,15H2,(H2,16,21)(H,17,25)(H,18,22)(H,19,26)(H,23,24)(H,27,28). The van der Waals surface area contributed by atoms with Gasteiger partial charge >= 0.3 is 11.9 Å². The molecule has 0 aliphatic heterocycles. The number of primary amides is 1. The lowest BCUT2D eigenvalue weighted by Crippen LogP contribution is -2.54. The Bertz CT molecular complexity index is 624. The number of nitrogens with one attached hydrogen (secondary N) is 3. The lowest BCUT2D eigenvalue weighted by atomic mass is 10.1. The third-order valence-electron chi connectivity index (χ3n) is 3.28. The number of carbonyl (C=O) groups is 6. The van der Waals surface area contributed by atoms with E-state index in [1.165, 1.54) is 0 Å². The third-order valence-corrected chi connectivity index (χ3v) is 3.28. The van der Waals surface area contributed by atoms with Gasteiger partial charge < -0.3 is 42.7 Å². The van der Waals surface area contributed by atoms with Crippen molar-refractivity contribution in [2.24, 2.45) is 11.5 Å². The van der Waals surface area contributed by atoms with E-state index in [0.717, 1.165) is 0 Å². The van der Waals surface area contributed by atoms with Gasteiger partial charge in [-0.25, -0.2) is 4.79 Å². The second kappa shape index (κ2) is 12.2. The predicted octanol–water partition coefficient (Wildman–Crippen LogP) is -4.78. The van der Waals surface area contributed by atoms with Crippen molar-refractivity contribution in [2.75, 3.05) is 13.2 Å². The van der Waals surface area contributed by atoms with Crippen LogP contribution >= 0.6 is 0 Å². The van der Waals surface area contributed by atoms with Gasteiger partial charge in [0, 0.05) is 6.42 Å². The summed E-state index contributed by atoms with van der Waals surface area (Å²) < 4.78 is 0. The van der Waals surface area contributed by atoms with Gasteiger partial charge in [-0.1, -0.05) is 0 Å². The normalized spacial score (nSPS) is 13.5. The first kappa shape index (κ1) is 24.7. The molecule has 4 amide bonds. The Morgan fingerprint density at radius 1 is 0.929 bits per heavy atom. The highest BCUT2D eigenvalue weighted by molar-refractivity contribution is 5.93. The monoisotopic (exact) mass is 405 g/mol. The molecule has 0 aromatic rings. The average molecular weight is 405 g/mol. The Morgan fingerprint density at radius 3 is 2.00 bits per heavy atom. The Kier molecular flexibility index (Phi) is 10.8. The van der Waals surface area contributed by atoms with Crippen molar-refractivity contribution in [3.63, 3.8) is 0 Å². The van der Waals surface area contributed by atoms with Crippen molar-refractivity contribution < 1.29 is 44.1 Å². The molecule has 14 heteroatoms. The number of carboxylic acids is 2. The molecule has 158 valence electrons. The Hall–Kier alpha value is -3.26. The molecule has 0 saturated carbocycles. The molecule has 10 N–H and O–H groups in total. The van der Waals surface area contributed by atoms with Crippen molar-refractivity contribution in [3.05, 3.63) is 0 Å². The molecule has 0 aliphatic carbocycles. The summed E-state index contributed by atoms with van der Waals surface area (Å²) in [5.41, 5.74) is 10.3. The highest BCUT2D eigenvalue weighted by Crippen LogP contribution is 2.00. The van der Waals surface area contributed by atoms with Crippen LogP contribution in [-0.4, -0.2) is 82.2 Å². The maximum Gasteiger partial charge on any atom is 0.328 e. The van der Waals surface area contributed by atoms with Gasteiger partial charge in [-0.3, -0.25) is 24.0 Å². The topological polar surface area (TPSA) is 251 Å². The SMILES string of the molecule is NC(=O)CC(N)C(=O)NCC(=O)NC(CCC(=O)O)C(=O)NC(CO)C(=O)O. The smallest absolute Gasteiger partial charge is 0.328 e. The van der Waals surface area contributed by atoms with E-state index in [4.69, 9.17) is 26.8 Å². The number of aliphatic hydroxyl groups excluding tert-OH is 1. The van der Waals surface area contributed by atoms with E-state index in [1.807, 2.05) is 5.32 Å².